The predicted octanol–water partition coefficient (Wildman–Crippen LogP) is 0.912. The fraction of sp³-hybridized carbons (Fsp3) is 0.400. The molecule has 0 N–H and O–H groups in total. The fourth-order valence-electron chi connectivity index (χ4n) is 0.650. The van der Waals surface area contributed by atoms with E-state index in [1.54, 1.807) is 12.2 Å². The third-order valence-corrected chi connectivity index (χ3v) is 2.72. The largest absolute Gasteiger partial charge is 0.272 e. The van der Waals surface area contributed by atoms with E-state index in [1.165, 1.54) is 6.21 Å². The van der Waals surface area contributed by atoms with E-state index in [1.807, 2.05) is 0 Å². The Labute approximate surface area is 63.8 Å². The number of hydrogen-bond donors (Lipinski definition) is 0. The zero-order valence-corrected chi connectivity index (χ0v) is 6.64. The van der Waals surface area contributed by atoms with Gasteiger partial charge in [-0.3, -0.25) is 4.99 Å². The summed E-state index contributed by atoms with van der Waals surface area (Å²) in [5, 5.41) is -0.779. The lowest BCUT2D eigenvalue weighted by atomic mass is 10.3. The van der Waals surface area contributed by atoms with Gasteiger partial charge in [0.1, 0.15) is 0 Å². The van der Waals surface area contributed by atoms with E-state index in [2.05, 4.69) is 4.99 Å². The molecule has 1 aliphatic heterocycles. The maximum Gasteiger partial charge on any atom is 0.255 e. The van der Waals surface area contributed by atoms with E-state index in [0.717, 1.165) is 0 Å². The molecule has 1 atom stereocenters. The molecule has 56 valence electrons. The van der Waals surface area contributed by atoms with Gasteiger partial charge in [-0.05, 0) is 6.08 Å². The third kappa shape index (κ3) is 1.82. The highest BCUT2D eigenvalue weighted by Crippen LogP contribution is 2.14. The Morgan fingerprint density at radius 2 is 2.30 bits per heavy atom. The third-order valence-electron chi connectivity index (χ3n) is 1.14. The molecular weight excluding hydrogens is 174 g/mol. The maximum absolute atomic E-state index is 10.6. The quantitative estimate of drug-likeness (QED) is 0.562. The van der Waals surface area contributed by atoms with Crippen LogP contribution >= 0.6 is 10.7 Å². The van der Waals surface area contributed by atoms with E-state index in [0.29, 0.717) is 6.42 Å². The molecule has 1 rings (SSSR count). The zero-order chi connectivity index (χ0) is 7.61. The molecule has 0 saturated heterocycles. The molecule has 0 fully saturated rings. The first-order valence-electron chi connectivity index (χ1n) is 2.72. The predicted molar refractivity (Wildman–Crippen MR) is 40.8 cm³/mol. The second-order valence-corrected chi connectivity index (χ2v) is 4.68. The molecule has 0 aromatic rings. The summed E-state index contributed by atoms with van der Waals surface area (Å²) in [6.07, 6.45) is 5.23. The Bertz CT molecular complexity index is 267. The van der Waals surface area contributed by atoms with E-state index >= 15 is 0 Å². The summed E-state index contributed by atoms with van der Waals surface area (Å²) < 4.78 is 21.2. The van der Waals surface area contributed by atoms with Crippen molar-refractivity contribution in [1.29, 1.82) is 0 Å². The van der Waals surface area contributed by atoms with Crippen molar-refractivity contribution in [3.8, 4) is 0 Å². The Balaban J connectivity index is 2.79. The van der Waals surface area contributed by atoms with E-state index in [4.69, 9.17) is 10.7 Å². The summed E-state index contributed by atoms with van der Waals surface area (Å²) >= 11 is 0. The fourth-order valence-corrected chi connectivity index (χ4v) is 1.56. The van der Waals surface area contributed by atoms with Crippen molar-refractivity contribution in [2.45, 2.75) is 11.8 Å². The normalized spacial score (nSPS) is 25.1. The highest BCUT2D eigenvalue weighted by Gasteiger charge is 2.20. The number of halogens is 1. The number of allylic oxidation sites excluding steroid dienone is 1. The Hall–Kier alpha value is -0.350. The van der Waals surface area contributed by atoms with E-state index < -0.39 is 14.4 Å². The molecule has 0 amide bonds. The molecule has 0 aromatic heterocycles. The van der Waals surface area contributed by atoms with Crippen molar-refractivity contribution in [3.63, 3.8) is 0 Å². The van der Waals surface area contributed by atoms with Crippen LogP contribution in [0.2, 0.25) is 0 Å². The molecule has 1 aliphatic rings. The van der Waals surface area contributed by atoms with Crippen LogP contribution in [0.1, 0.15) is 6.42 Å². The topological polar surface area (TPSA) is 46.5 Å². The Kier molecular flexibility index (Phi) is 2.11. The van der Waals surface area contributed by atoms with Crippen LogP contribution in [0.15, 0.2) is 17.1 Å². The average Bonchev–Trinajstić information content (AvgIpc) is 1.88. The minimum absolute atomic E-state index is 0.377. The molecule has 0 spiro atoms. The Morgan fingerprint density at radius 1 is 1.60 bits per heavy atom. The molecule has 0 radical (unpaired) electrons. The van der Waals surface area contributed by atoms with Crippen molar-refractivity contribution in [2.75, 3.05) is 0 Å². The lowest BCUT2D eigenvalue weighted by Gasteiger charge is -2.06. The van der Waals surface area contributed by atoms with Crippen LogP contribution in [0.4, 0.5) is 0 Å². The summed E-state index contributed by atoms with van der Waals surface area (Å²) in [6, 6.07) is 0. The molecule has 0 bridgehead atoms. The number of rotatable bonds is 1. The van der Waals surface area contributed by atoms with Crippen molar-refractivity contribution < 1.29 is 8.42 Å². The van der Waals surface area contributed by atoms with Crippen LogP contribution in [0.5, 0.6) is 0 Å². The minimum Gasteiger partial charge on any atom is -0.272 e. The number of dihydropyridines is 1. The Morgan fingerprint density at radius 3 is 2.60 bits per heavy atom. The first-order valence-corrected chi connectivity index (χ1v) is 5.10. The molecular formula is C5H6ClNO2S. The SMILES string of the molecule is O=S(=O)(Cl)C1CC=CC=N1. The van der Waals surface area contributed by atoms with Crippen LogP contribution in [-0.2, 0) is 9.05 Å². The van der Waals surface area contributed by atoms with E-state index in [9.17, 15) is 8.42 Å². The van der Waals surface area contributed by atoms with Gasteiger partial charge in [0, 0.05) is 23.3 Å². The van der Waals surface area contributed by atoms with E-state index in [-0.39, 0.29) is 0 Å². The summed E-state index contributed by atoms with van der Waals surface area (Å²) in [4.78, 5) is 3.67. The van der Waals surface area contributed by atoms with Crippen molar-refractivity contribution >= 4 is 25.9 Å². The van der Waals surface area contributed by atoms with Crippen LogP contribution < -0.4 is 0 Å². The van der Waals surface area contributed by atoms with Crippen LogP contribution in [-0.4, -0.2) is 20.0 Å². The van der Waals surface area contributed by atoms with Crippen LogP contribution in [0.25, 0.3) is 0 Å². The van der Waals surface area contributed by atoms with Gasteiger partial charge >= 0.3 is 0 Å². The molecule has 5 heteroatoms. The summed E-state index contributed by atoms with van der Waals surface area (Å²) in [7, 11) is 1.53. The summed E-state index contributed by atoms with van der Waals surface area (Å²) in [5.41, 5.74) is 0. The maximum atomic E-state index is 10.6. The molecule has 1 unspecified atom stereocenters. The smallest absolute Gasteiger partial charge is 0.255 e. The van der Waals surface area contributed by atoms with Crippen molar-refractivity contribution in [1.82, 2.24) is 0 Å². The molecule has 10 heavy (non-hydrogen) atoms. The van der Waals surface area contributed by atoms with Gasteiger partial charge < -0.3 is 0 Å². The average molecular weight is 180 g/mol. The molecule has 0 saturated carbocycles. The van der Waals surface area contributed by atoms with Crippen molar-refractivity contribution in [2.24, 2.45) is 4.99 Å². The standard InChI is InChI=1S/C5H6ClNO2S/c6-10(8,9)5-3-1-2-4-7-5/h1-2,4-5H,3H2. The lowest BCUT2D eigenvalue weighted by Crippen LogP contribution is -2.14. The van der Waals surface area contributed by atoms with Gasteiger partial charge in [-0.1, -0.05) is 6.08 Å². The molecule has 0 aliphatic carbocycles. The van der Waals surface area contributed by atoms with Gasteiger partial charge in [-0.2, -0.15) is 0 Å². The second-order valence-electron chi connectivity index (χ2n) is 1.89. The highest BCUT2D eigenvalue weighted by atomic mass is 35.7. The van der Waals surface area contributed by atoms with Gasteiger partial charge in [-0.15, -0.1) is 0 Å². The van der Waals surface area contributed by atoms with Gasteiger partial charge in [0.15, 0.2) is 5.37 Å². The van der Waals surface area contributed by atoms with Crippen LogP contribution in [0, 0.1) is 0 Å². The van der Waals surface area contributed by atoms with Gasteiger partial charge in [-0.25, -0.2) is 8.42 Å². The summed E-state index contributed by atoms with van der Waals surface area (Å²) in [6.45, 7) is 0. The second kappa shape index (κ2) is 2.72. The minimum atomic E-state index is -3.50. The molecule has 1 heterocycles. The summed E-state index contributed by atoms with van der Waals surface area (Å²) in [5.74, 6) is 0. The first kappa shape index (κ1) is 7.75. The first-order chi connectivity index (χ1) is 4.61. The van der Waals surface area contributed by atoms with Gasteiger partial charge in [0.05, 0.1) is 0 Å². The number of hydrogen-bond acceptors (Lipinski definition) is 3. The van der Waals surface area contributed by atoms with Crippen molar-refractivity contribution in [3.05, 3.63) is 12.2 Å². The lowest BCUT2D eigenvalue weighted by molar-refractivity contribution is 0.595. The number of aliphatic imine (C=N–C) groups is 1. The highest BCUT2D eigenvalue weighted by molar-refractivity contribution is 8.14. The number of nitrogens with zero attached hydrogens (tertiary/aromatic N) is 1. The molecule has 0 aromatic carbocycles. The van der Waals surface area contributed by atoms with Gasteiger partial charge in [0.25, 0.3) is 9.05 Å². The monoisotopic (exact) mass is 179 g/mol. The van der Waals surface area contributed by atoms with Crippen LogP contribution in [0.3, 0.4) is 0 Å². The zero-order valence-electron chi connectivity index (χ0n) is 5.07. The van der Waals surface area contributed by atoms with Gasteiger partial charge in [0.2, 0.25) is 0 Å². The molecule has 3 nitrogen and oxygen atoms in total.